The molecule has 0 aliphatic heterocycles. The number of nitrogens with one attached hydrogen (secondary N) is 1. The summed E-state index contributed by atoms with van der Waals surface area (Å²) in [6.45, 7) is 3.97. The fraction of sp³-hybridized carbons (Fsp3) is 0.267. The predicted molar refractivity (Wildman–Crippen MR) is 80.6 cm³/mol. The van der Waals surface area contributed by atoms with Crippen LogP contribution in [0.25, 0.3) is 0 Å². The first kappa shape index (κ1) is 14.5. The van der Waals surface area contributed by atoms with Crippen LogP contribution in [0, 0.1) is 6.92 Å². The van der Waals surface area contributed by atoms with Gasteiger partial charge >= 0.3 is 0 Å². The zero-order chi connectivity index (χ0) is 14.8. The Hall–Kier alpha value is -1.88. The van der Waals surface area contributed by atoms with E-state index in [4.69, 9.17) is 0 Å². The molecule has 4 nitrogen and oxygen atoms in total. The van der Waals surface area contributed by atoms with Gasteiger partial charge in [-0.2, -0.15) is 0 Å². The quantitative estimate of drug-likeness (QED) is 0.940. The van der Waals surface area contributed by atoms with E-state index >= 15 is 0 Å². The van der Waals surface area contributed by atoms with Crippen molar-refractivity contribution in [1.29, 1.82) is 0 Å². The molecule has 2 rings (SSSR count). The van der Waals surface area contributed by atoms with Gasteiger partial charge in [-0.3, -0.25) is 4.98 Å². The van der Waals surface area contributed by atoms with Crippen molar-refractivity contribution >= 4 is 15.5 Å². The molecule has 20 heavy (non-hydrogen) atoms. The third-order valence-corrected chi connectivity index (χ3v) is 4.30. The van der Waals surface area contributed by atoms with Gasteiger partial charge in [-0.25, -0.2) is 8.42 Å². The van der Waals surface area contributed by atoms with Crippen molar-refractivity contribution in [2.24, 2.45) is 0 Å². The number of benzene rings is 1. The van der Waals surface area contributed by atoms with Gasteiger partial charge in [0.05, 0.1) is 10.9 Å². The highest BCUT2D eigenvalue weighted by atomic mass is 32.2. The molecule has 1 heterocycles. The average molecular weight is 290 g/mol. The van der Waals surface area contributed by atoms with Crippen LogP contribution in [-0.2, 0) is 9.84 Å². The minimum Gasteiger partial charge on any atom is -0.378 e. The number of hydrogen-bond acceptors (Lipinski definition) is 4. The first-order chi connectivity index (χ1) is 9.38. The van der Waals surface area contributed by atoms with Crippen molar-refractivity contribution in [1.82, 2.24) is 4.98 Å². The van der Waals surface area contributed by atoms with Crippen molar-refractivity contribution in [3.8, 4) is 0 Å². The SMILES string of the molecule is Cc1ccc(S(C)(=O)=O)cc1NC(C)c1cccnc1. The normalized spacial score (nSPS) is 12.9. The Labute approximate surface area is 119 Å². The van der Waals surface area contributed by atoms with E-state index in [1.165, 1.54) is 6.26 Å². The molecule has 1 N–H and O–H groups in total. The largest absolute Gasteiger partial charge is 0.378 e. The summed E-state index contributed by atoms with van der Waals surface area (Å²) in [6, 6.07) is 9.04. The zero-order valence-electron chi connectivity index (χ0n) is 11.8. The maximum atomic E-state index is 11.6. The molecule has 0 saturated carbocycles. The number of rotatable bonds is 4. The molecule has 1 aromatic heterocycles. The van der Waals surface area contributed by atoms with Crippen LogP contribution in [-0.4, -0.2) is 19.7 Å². The first-order valence-corrected chi connectivity index (χ1v) is 8.24. The molecule has 0 saturated heterocycles. The highest BCUT2D eigenvalue weighted by molar-refractivity contribution is 7.90. The molecule has 0 aliphatic carbocycles. The van der Waals surface area contributed by atoms with E-state index in [0.717, 1.165) is 16.8 Å². The molecule has 0 bridgehead atoms. The second kappa shape index (κ2) is 5.63. The summed E-state index contributed by atoms with van der Waals surface area (Å²) in [5.74, 6) is 0. The fourth-order valence-corrected chi connectivity index (χ4v) is 2.58. The highest BCUT2D eigenvalue weighted by Gasteiger charge is 2.11. The minimum atomic E-state index is -3.19. The van der Waals surface area contributed by atoms with Crippen LogP contribution in [0.1, 0.15) is 24.1 Å². The predicted octanol–water partition coefficient (Wildman–Crippen LogP) is 2.97. The number of anilines is 1. The Morgan fingerprint density at radius 2 is 2.00 bits per heavy atom. The number of sulfone groups is 1. The van der Waals surface area contributed by atoms with Crippen LogP contribution in [0.3, 0.4) is 0 Å². The Morgan fingerprint density at radius 3 is 2.60 bits per heavy atom. The van der Waals surface area contributed by atoms with Crippen LogP contribution >= 0.6 is 0 Å². The van der Waals surface area contributed by atoms with Gasteiger partial charge < -0.3 is 5.32 Å². The van der Waals surface area contributed by atoms with E-state index in [0.29, 0.717) is 4.90 Å². The van der Waals surface area contributed by atoms with Crippen LogP contribution in [0.5, 0.6) is 0 Å². The maximum Gasteiger partial charge on any atom is 0.175 e. The lowest BCUT2D eigenvalue weighted by atomic mass is 10.1. The number of nitrogens with zero attached hydrogens (tertiary/aromatic N) is 1. The van der Waals surface area contributed by atoms with Gasteiger partial charge in [0.1, 0.15) is 0 Å². The molecule has 1 atom stereocenters. The summed E-state index contributed by atoms with van der Waals surface area (Å²) >= 11 is 0. The van der Waals surface area contributed by atoms with Gasteiger partial charge in [-0.15, -0.1) is 0 Å². The van der Waals surface area contributed by atoms with E-state index in [1.54, 1.807) is 24.5 Å². The van der Waals surface area contributed by atoms with Crippen molar-refractivity contribution in [3.63, 3.8) is 0 Å². The molecule has 1 unspecified atom stereocenters. The van der Waals surface area contributed by atoms with Crippen LogP contribution in [0.2, 0.25) is 0 Å². The lowest BCUT2D eigenvalue weighted by Crippen LogP contribution is -2.09. The topological polar surface area (TPSA) is 59.1 Å². The van der Waals surface area contributed by atoms with Crippen molar-refractivity contribution in [2.75, 3.05) is 11.6 Å². The summed E-state index contributed by atoms with van der Waals surface area (Å²) < 4.78 is 23.2. The van der Waals surface area contributed by atoms with Crippen LogP contribution in [0.15, 0.2) is 47.6 Å². The monoisotopic (exact) mass is 290 g/mol. The number of hydrogen-bond donors (Lipinski definition) is 1. The summed E-state index contributed by atoms with van der Waals surface area (Å²) in [6.07, 6.45) is 4.74. The Balaban J connectivity index is 2.30. The maximum absolute atomic E-state index is 11.6. The van der Waals surface area contributed by atoms with E-state index in [2.05, 4.69) is 10.3 Å². The van der Waals surface area contributed by atoms with Crippen LogP contribution < -0.4 is 5.32 Å². The summed E-state index contributed by atoms with van der Waals surface area (Å²) in [4.78, 5) is 4.41. The number of aromatic nitrogens is 1. The van der Waals surface area contributed by atoms with Gasteiger partial charge in [0.15, 0.2) is 9.84 Å². The smallest absolute Gasteiger partial charge is 0.175 e. The third-order valence-electron chi connectivity index (χ3n) is 3.19. The molecule has 1 aromatic carbocycles. The molecule has 0 spiro atoms. The summed E-state index contributed by atoms with van der Waals surface area (Å²) in [5, 5.41) is 3.33. The van der Waals surface area contributed by atoms with Gasteiger partial charge in [0.2, 0.25) is 0 Å². The van der Waals surface area contributed by atoms with Gasteiger partial charge in [-0.05, 0) is 43.2 Å². The molecule has 5 heteroatoms. The molecule has 106 valence electrons. The van der Waals surface area contributed by atoms with Gasteiger partial charge in [0, 0.05) is 24.3 Å². The standard InChI is InChI=1S/C15H18N2O2S/c1-11-6-7-14(20(3,18)19)9-15(11)17-12(2)13-5-4-8-16-10-13/h4-10,12,17H,1-3H3. The Kier molecular flexibility index (Phi) is 4.09. The summed E-state index contributed by atoms with van der Waals surface area (Å²) in [7, 11) is -3.19. The number of pyridine rings is 1. The lowest BCUT2D eigenvalue weighted by Gasteiger charge is -2.17. The molecule has 0 amide bonds. The van der Waals surface area contributed by atoms with Crippen LogP contribution in [0.4, 0.5) is 5.69 Å². The Bertz CT molecular complexity index is 697. The fourth-order valence-electron chi connectivity index (χ4n) is 1.94. The molecule has 2 aromatic rings. The zero-order valence-corrected chi connectivity index (χ0v) is 12.6. The first-order valence-electron chi connectivity index (χ1n) is 6.35. The van der Waals surface area contributed by atoms with E-state index < -0.39 is 9.84 Å². The van der Waals surface area contributed by atoms with Gasteiger partial charge in [-0.1, -0.05) is 12.1 Å². The molecular formula is C15H18N2O2S. The minimum absolute atomic E-state index is 0.0530. The molecule has 0 radical (unpaired) electrons. The number of aryl methyl sites for hydroxylation is 1. The van der Waals surface area contributed by atoms with Gasteiger partial charge in [0.25, 0.3) is 0 Å². The molecular weight excluding hydrogens is 272 g/mol. The second-order valence-corrected chi connectivity index (χ2v) is 6.92. The Morgan fingerprint density at radius 1 is 1.25 bits per heavy atom. The highest BCUT2D eigenvalue weighted by Crippen LogP contribution is 2.24. The molecule has 0 fully saturated rings. The molecule has 0 aliphatic rings. The summed E-state index contributed by atoms with van der Waals surface area (Å²) in [5.41, 5.74) is 2.88. The third kappa shape index (κ3) is 3.36. The van der Waals surface area contributed by atoms with E-state index in [1.807, 2.05) is 32.0 Å². The van der Waals surface area contributed by atoms with Crippen molar-refractivity contribution in [2.45, 2.75) is 24.8 Å². The van der Waals surface area contributed by atoms with Crippen molar-refractivity contribution in [3.05, 3.63) is 53.9 Å². The lowest BCUT2D eigenvalue weighted by molar-refractivity contribution is 0.602. The van der Waals surface area contributed by atoms with Crippen molar-refractivity contribution < 1.29 is 8.42 Å². The average Bonchev–Trinajstić information content (AvgIpc) is 2.41. The van der Waals surface area contributed by atoms with E-state index in [9.17, 15) is 8.42 Å². The second-order valence-electron chi connectivity index (χ2n) is 4.90. The van der Waals surface area contributed by atoms with E-state index in [-0.39, 0.29) is 6.04 Å².